The molecule has 1 aromatic heterocycles. The van der Waals surface area contributed by atoms with E-state index in [1.54, 1.807) is 17.2 Å². The topological polar surface area (TPSA) is 62.3 Å². The molecule has 2 amide bonds. The first kappa shape index (κ1) is 17.9. The first-order valence-corrected chi connectivity index (χ1v) is 8.46. The van der Waals surface area contributed by atoms with E-state index in [-0.39, 0.29) is 11.8 Å². The molecule has 21 heavy (non-hydrogen) atoms. The smallest absolute Gasteiger partial charge is 0.270 e. The molecule has 5 nitrogen and oxygen atoms in total. The molecule has 0 spiro atoms. The van der Waals surface area contributed by atoms with E-state index >= 15 is 0 Å². The molecule has 1 aromatic rings. The molecule has 0 aliphatic heterocycles. The van der Waals surface area contributed by atoms with Gasteiger partial charge in [-0.2, -0.15) is 0 Å². The van der Waals surface area contributed by atoms with Crippen molar-refractivity contribution in [3.05, 3.63) is 16.1 Å². The zero-order valence-electron chi connectivity index (χ0n) is 12.7. The van der Waals surface area contributed by atoms with Crippen molar-refractivity contribution >= 4 is 34.8 Å². The molecule has 0 saturated heterocycles. The molecule has 0 aromatic carbocycles. The monoisotopic (exact) mass is 331 g/mol. The van der Waals surface area contributed by atoms with Crippen LogP contribution in [0.5, 0.6) is 0 Å². The van der Waals surface area contributed by atoms with Crippen LogP contribution in [0.3, 0.4) is 0 Å². The van der Waals surface area contributed by atoms with Crippen LogP contribution in [-0.2, 0) is 11.3 Å². The highest BCUT2D eigenvalue weighted by atomic mass is 35.5. The van der Waals surface area contributed by atoms with Crippen LogP contribution in [0.1, 0.15) is 49.1 Å². The lowest BCUT2D eigenvalue weighted by Gasteiger charge is -2.22. The molecule has 1 N–H and O–H groups in total. The molecular weight excluding hydrogens is 310 g/mol. The van der Waals surface area contributed by atoms with Gasteiger partial charge in [0.15, 0.2) is 0 Å². The third-order valence-electron chi connectivity index (χ3n) is 2.79. The van der Waals surface area contributed by atoms with Gasteiger partial charge in [0.25, 0.3) is 5.91 Å². The lowest BCUT2D eigenvalue weighted by Crippen LogP contribution is -2.35. The van der Waals surface area contributed by atoms with Crippen LogP contribution in [0.4, 0.5) is 0 Å². The number of nitrogens with one attached hydrogen (secondary N) is 1. The third kappa shape index (κ3) is 5.63. The highest BCUT2D eigenvalue weighted by Gasteiger charge is 2.20. The number of hydrogen-bond donors (Lipinski definition) is 1. The highest BCUT2D eigenvalue weighted by molar-refractivity contribution is 7.09. The zero-order chi connectivity index (χ0) is 15.8. The van der Waals surface area contributed by atoms with Crippen LogP contribution in [0.15, 0.2) is 5.38 Å². The summed E-state index contributed by atoms with van der Waals surface area (Å²) in [4.78, 5) is 29.8. The number of amides is 2. The molecular formula is C14H22ClN3O2S. The number of nitrogens with zero attached hydrogens (tertiary/aromatic N) is 2. The molecule has 0 bridgehead atoms. The van der Waals surface area contributed by atoms with Gasteiger partial charge in [0, 0.05) is 18.5 Å². The predicted molar refractivity (Wildman–Crippen MR) is 85.8 cm³/mol. The zero-order valence-corrected chi connectivity index (χ0v) is 14.3. The van der Waals surface area contributed by atoms with E-state index in [0.717, 1.165) is 17.8 Å². The summed E-state index contributed by atoms with van der Waals surface area (Å²) in [7, 11) is 0. The van der Waals surface area contributed by atoms with Crippen molar-refractivity contribution < 1.29 is 9.59 Å². The largest absolute Gasteiger partial charge is 0.351 e. The second kappa shape index (κ2) is 9.00. The number of halogens is 1. The fraction of sp³-hybridized carbons (Fsp3) is 0.643. The Kier molecular flexibility index (Phi) is 7.67. The van der Waals surface area contributed by atoms with Gasteiger partial charge in [-0.1, -0.05) is 13.8 Å². The maximum atomic E-state index is 12.0. The van der Waals surface area contributed by atoms with Crippen LogP contribution in [0.2, 0.25) is 0 Å². The molecule has 1 atom stereocenters. The lowest BCUT2D eigenvalue weighted by atomic mass is 10.3. The number of hydrogen-bond acceptors (Lipinski definition) is 4. The van der Waals surface area contributed by atoms with Crippen LogP contribution in [0.25, 0.3) is 0 Å². The van der Waals surface area contributed by atoms with E-state index in [0.29, 0.717) is 25.3 Å². The van der Waals surface area contributed by atoms with Gasteiger partial charge in [-0.05, 0) is 19.8 Å². The highest BCUT2D eigenvalue weighted by Crippen LogP contribution is 2.14. The van der Waals surface area contributed by atoms with Gasteiger partial charge in [0.1, 0.15) is 16.1 Å². The molecule has 1 heterocycles. The minimum atomic E-state index is -0.552. The first-order valence-electron chi connectivity index (χ1n) is 7.15. The minimum absolute atomic E-state index is 0.106. The molecule has 0 radical (unpaired) electrons. The van der Waals surface area contributed by atoms with Crippen LogP contribution >= 0.6 is 22.9 Å². The number of rotatable bonds is 8. The Morgan fingerprint density at radius 3 is 2.71 bits per heavy atom. The number of thiazole rings is 1. The normalized spacial score (nSPS) is 12.0. The van der Waals surface area contributed by atoms with Crippen LogP contribution in [0, 0.1) is 0 Å². The van der Waals surface area contributed by atoms with Crippen LogP contribution in [-0.4, -0.2) is 40.2 Å². The molecule has 1 rings (SSSR count). The first-order chi connectivity index (χ1) is 9.99. The van der Waals surface area contributed by atoms with E-state index in [1.165, 1.54) is 11.3 Å². The Morgan fingerprint density at radius 1 is 1.43 bits per heavy atom. The second-order valence-electron chi connectivity index (χ2n) is 4.76. The average Bonchev–Trinajstić information content (AvgIpc) is 2.92. The Morgan fingerprint density at radius 2 is 2.14 bits per heavy atom. The van der Waals surface area contributed by atoms with Crippen molar-refractivity contribution in [3.8, 4) is 0 Å². The maximum absolute atomic E-state index is 12.0. The Bertz CT molecular complexity index is 477. The van der Waals surface area contributed by atoms with Gasteiger partial charge in [-0.3, -0.25) is 9.59 Å². The van der Waals surface area contributed by atoms with Crippen molar-refractivity contribution in [2.45, 2.75) is 45.5 Å². The molecule has 0 fully saturated rings. The number of carbonyl (C=O) groups is 2. The summed E-state index contributed by atoms with van der Waals surface area (Å²) in [5.41, 5.74) is 0.409. The van der Waals surface area contributed by atoms with Crippen molar-refractivity contribution in [1.82, 2.24) is 15.2 Å². The van der Waals surface area contributed by atoms with Gasteiger partial charge in [0.05, 0.1) is 6.54 Å². The summed E-state index contributed by atoms with van der Waals surface area (Å²) < 4.78 is 0. The molecule has 0 aliphatic rings. The van der Waals surface area contributed by atoms with E-state index < -0.39 is 5.38 Å². The van der Waals surface area contributed by atoms with E-state index in [4.69, 9.17) is 11.6 Å². The van der Waals surface area contributed by atoms with E-state index in [9.17, 15) is 9.59 Å². The minimum Gasteiger partial charge on any atom is -0.351 e. The fourth-order valence-corrected chi connectivity index (χ4v) is 2.70. The Labute approximate surface area is 134 Å². The molecule has 118 valence electrons. The average molecular weight is 332 g/mol. The standard InChI is InChI=1S/C14H22ClN3O2S/c1-4-6-16-13(19)11-9-21-12(17-11)8-18(7-5-2)14(20)10(3)15/h9-10H,4-8H2,1-3H3,(H,16,19)/t10-/m1/s1. The van der Waals surface area contributed by atoms with Gasteiger partial charge in [-0.15, -0.1) is 22.9 Å². The van der Waals surface area contributed by atoms with Crippen LogP contribution < -0.4 is 5.32 Å². The van der Waals surface area contributed by atoms with E-state index in [2.05, 4.69) is 10.3 Å². The molecule has 0 saturated carbocycles. The van der Waals surface area contributed by atoms with Crippen molar-refractivity contribution in [3.63, 3.8) is 0 Å². The summed E-state index contributed by atoms with van der Waals surface area (Å²) in [5, 5.41) is 4.70. The lowest BCUT2D eigenvalue weighted by molar-refractivity contribution is -0.131. The maximum Gasteiger partial charge on any atom is 0.270 e. The number of carbonyl (C=O) groups excluding carboxylic acids is 2. The fourth-order valence-electron chi connectivity index (χ4n) is 1.77. The van der Waals surface area contributed by atoms with Gasteiger partial charge in [0.2, 0.25) is 5.91 Å². The summed E-state index contributed by atoms with van der Waals surface area (Å²) in [6, 6.07) is 0. The van der Waals surface area contributed by atoms with Crippen molar-refractivity contribution in [2.75, 3.05) is 13.1 Å². The summed E-state index contributed by atoms with van der Waals surface area (Å²) in [6.45, 7) is 7.33. The number of aromatic nitrogens is 1. The summed E-state index contributed by atoms with van der Waals surface area (Å²) in [5.74, 6) is -0.274. The molecule has 0 aliphatic carbocycles. The molecule has 7 heteroatoms. The Hall–Kier alpha value is -1.14. The van der Waals surface area contributed by atoms with E-state index in [1.807, 2.05) is 13.8 Å². The molecule has 0 unspecified atom stereocenters. The second-order valence-corrected chi connectivity index (χ2v) is 6.36. The summed E-state index contributed by atoms with van der Waals surface area (Å²) in [6.07, 6.45) is 1.74. The number of alkyl halides is 1. The SMILES string of the molecule is CCCNC(=O)c1csc(CN(CCC)C(=O)[C@@H](C)Cl)n1. The van der Waals surface area contributed by atoms with Crippen molar-refractivity contribution in [1.29, 1.82) is 0 Å². The predicted octanol–water partition coefficient (Wildman–Crippen LogP) is 2.65. The quantitative estimate of drug-likeness (QED) is 0.745. The van der Waals surface area contributed by atoms with Crippen molar-refractivity contribution in [2.24, 2.45) is 0 Å². The van der Waals surface area contributed by atoms with Gasteiger partial charge in [-0.25, -0.2) is 4.98 Å². The summed E-state index contributed by atoms with van der Waals surface area (Å²) >= 11 is 7.25. The Balaban J connectivity index is 2.70. The third-order valence-corrected chi connectivity index (χ3v) is 3.81. The van der Waals surface area contributed by atoms with Gasteiger partial charge >= 0.3 is 0 Å². The van der Waals surface area contributed by atoms with Gasteiger partial charge < -0.3 is 10.2 Å².